The SMILES string of the molecule is CCC1=CN(C)N(C(F)F)C1C(=O)O. The number of hydrogen-bond donors (Lipinski definition) is 1. The summed E-state index contributed by atoms with van der Waals surface area (Å²) in [4.78, 5) is 10.8. The van der Waals surface area contributed by atoms with Gasteiger partial charge in [0.15, 0.2) is 6.04 Å². The van der Waals surface area contributed by atoms with E-state index < -0.39 is 18.6 Å². The standard InChI is InChI=1S/C8H12F2N2O2/c1-3-5-4-11(2)12(8(9)10)6(5)7(13)14/h4,6,8H,3H2,1-2H3,(H,13,14). The van der Waals surface area contributed by atoms with Crippen LogP contribution in [0.4, 0.5) is 8.78 Å². The van der Waals surface area contributed by atoms with Gasteiger partial charge in [0.25, 0.3) is 0 Å². The highest BCUT2D eigenvalue weighted by molar-refractivity contribution is 5.78. The molecule has 14 heavy (non-hydrogen) atoms. The largest absolute Gasteiger partial charge is 0.480 e. The fourth-order valence-electron chi connectivity index (χ4n) is 1.54. The molecule has 1 aliphatic rings. The molecule has 1 unspecified atom stereocenters. The van der Waals surface area contributed by atoms with Crippen molar-refractivity contribution in [2.45, 2.75) is 25.9 Å². The molecule has 1 rings (SSSR count). The lowest BCUT2D eigenvalue weighted by Gasteiger charge is -2.28. The van der Waals surface area contributed by atoms with E-state index in [1.807, 2.05) is 0 Å². The van der Waals surface area contributed by atoms with Crippen molar-refractivity contribution in [1.82, 2.24) is 10.0 Å². The third-order valence-corrected chi connectivity index (χ3v) is 2.17. The van der Waals surface area contributed by atoms with Crippen molar-refractivity contribution in [2.75, 3.05) is 7.05 Å². The molecule has 0 fully saturated rings. The molecule has 0 aliphatic carbocycles. The summed E-state index contributed by atoms with van der Waals surface area (Å²) < 4.78 is 25.0. The lowest BCUT2D eigenvalue weighted by Crippen LogP contribution is -2.47. The van der Waals surface area contributed by atoms with Crippen molar-refractivity contribution in [3.8, 4) is 0 Å². The molecular formula is C8H12F2N2O2. The van der Waals surface area contributed by atoms with Crippen LogP contribution in [-0.2, 0) is 4.79 Å². The maximum Gasteiger partial charge on any atom is 0.327 e. The molecule has 0 bridgehead atoms. The third kappa shape index (κ3) is 1.70. The van der Waals surface area contributed by atoms with Crippen LogP contribution in [0.3, 0.4) is 0 Å². The predicted molar refractivity (Wildman–Crippen MR) is 45.4 cm³/mol. The van der Waals surface area contributed by atoms with Gasteiger partial charge >= 0.3 is 12.5 Å². The van der Waals surface area contributed by atoms with Gasteiger partial charge in [0.1, 0.15) is 0 Å². The average molecular weight is 206 g/mol. The van der Waals surface area contributed by atoms with Crippen LogP contribution in [-0.4, -0.2) is 40.7 Å². The number of nitrogens with zero attached hydrogens (tertiary/aromatic N) is 2. The highest BCUT2D eigenvalue weighted by atomic mass is 19.3. The Morgan fingerprint density at radius 2 is 2.29 bits per heavy atom. The fraction of sp³-hybridized carbons (Fsp3) is 0.625. The molecule has 0 amide bonds. The summed E-state index contributed by atoms with van der Waals surface area (Å²) in [5, 5.41) is 10.5. The normalized spacial score (nSPS) is 23.1. The minimum absolute atomic E-state index is 0.449. The molecule has 1 atom stereocenters. The summed E-state index contributed by atoms with van der Waals surface area (Å²) in [6, 6.07) is -1.23. The van der Waals surface area contributed by atoms with E-state index in [2.05, 4.69) is 0 Å². The van der Waals surface area contributed by atoms with Crippen molar-refractivity contribution in [3.63, 3.8) is 0 Å². The summed E-state index contributed by atoms with van der Waals surface area (Å²) in [6.07, 6.45) is 1.88. The molecule has 0 saturated carbocycles. The molecule has 0 aromatic rings. The molecule has 0 aromatic heterocycles. The van der Waals surface area contributed by atoms with Crippen LogP contribution in [0.15, 0.2) is 11.8 Å². The number of carboxylic acid groups (broad SMARTS) is 1. The number of carboxylic acids is 1. The van der Waals surface area contributed by atoms with E-state index in [4.69, 9.17) is 5.11 Å². The number of alkyl halides is 2. The quantitative estimate of drug-likeness (QED) is 0.703. The first-order valence-corrected chi connectivity index (χ1v) is 4.21. The topological polar surface area (TPSA) is 43.8 Å². The zero-order chi connectivity index (χ0) is 10.9. The second kappa shape index (κ2) is 3.91. The summed E-state index contributed by atoms with van der Waals surface area (Å²) in [5.74, 6) is -1.25. The average Bonchev–Trinajstić information content (AvgIpc) is 2.41. The Morgan fingerprint density at radius 3 is 2.64 bits per heavy atom. The Kier molecular flexibility index (Phi) is 3.05. The second-order valence-corrected chi connectivity index (χ2v) is 3.03. The number of carbonyl (C=O) groups is 1. The molecule has 0 saturated heterocycles. The van der Waals surface area contributed by atoms with E-state index in [1.165, 1.54) is 13.2 Å². The van der Waals surface area contributed by atoms with Gasteiger partial charge < -0.3 is 10.1 Å². The van der Waals surface area contributed by atoms with Crippen molar-refractivity contribution >= 4 is 5.97 Å². The van der Waals surface area contributed by atoms with Gasteiger partial charge in [-0.1, -0.05) is 6.92 Å². The number of hydrazine groups is 1. The minimum Gasteiger partial charge on any atom is -0.480 e. The first-order chi connectivity index (χ1) is 6.49. The van der Waals surface area contributed by atoms with Gasteiger partial charge in [0.2, 0.25) is 0 Å². The Bertz CT molecular complexity index is 268. The van der Waals surface area contributed by atoms with Gasteiger partial charge in [-0.2, -0.15) is 8.78 Å². The number of halogens is 2. The smallest absolute Gasteiger partial charge is 0.327 e. The monoisotopic (exact) mass is 206 g/mol. The molecule has 0 radical (unpaired) electrons. The van der Waals surface area contributed by atoms with Gasteiger partial charge in [-0.15, -0.1) is 5.01 Å². The van der Waals surface area contributed by atoms with Crippen LogP contribution in [0, 0.1) is 0 Å². The van der Waals surface area contributed by atoms with Crippen molar-refractivity contribution in [3.05, 3.63) is 11.8 Å². The van der Waals surface area contributed by atoms with E-state index >= 15 is 0 Å². The van der Waals surface area contributed by atoms with Crippen molar-refractivity contribution < 1.29 is 18.7 Å². The summed E-state index contributed by atoms with van der Waals surface area (Å²) in [7, 11) is 1.41. The highest BCUT2D eigenvalue weighted by Crippen LogP contribution is 2.27. The molecule has 1 aliphatic heterocycles. The van der Waals surface area contributed by atoms with Crippen molar-refractivity contribution in [1.29, 1.82) is 0 Å². The second-order valence-electron chi connectivity index (χ2n) is 3.03. The zero-order valence-electron chi connectivity index (χ0n) is 7.94. The Morgan fingerprint density at radius 1 is 1.71 bits per heavy atom. The zero-order valence-corrected chi connectivity index (χ0v) is 7.94. The van der Waals surface area contributed by atoms with E-state index in [0.29, 0.717) is 17.0 Å². The third-order valence-electron chi connectivity index (χ3n) is 2.17. The molecule has 1 N–H and O–H groups in total. The van der Waals surface area contributed by atoms with Crippen molar-refractivity contribution in [2.24, 2.45) is 0 Å². The van der Waals surface area contributed by atoms with Crippen LogP contribution in [0.1, 0.15) is 13.3 Å². The fourth-order valence-corrected chi connectivity index (χ4v) is 1.54. The van der Waals surface area contributed by atoms with Gasteiger partial charge in [-0.05, 0) is 12.0 Å². The van der Waals surface area contributed by atoms with Gasteiger partial charge in [0, 0.05) is 13.2 Å². The van der Waals surface area contributed by atoms with Crippen LogP contribution in [0.25, 0.3) is 0 Å². The lowest BCUT2D eigenvalue weighted by molar-refractivity contribution is -0.167. The summed E-state index contributed by atoms with van der Waals surface area (Å²) >= 11 is 0. The molecule has 0 spiro atoms. The number of aliphatic carboxylic acids is 1. The summed E-state index contributed by atoms with van der Waals surface area (Å²) in [6.45, 7) is -1.06. The molecule has 6 heteroatoms. The maximum atomic E-state index is 12.5. The minimum atomic E-state index is -2.80. The molecular weight excluding hydrogens is 194 g/mol. The van der Waals surface area contributed by atoms with E-state index in [-0.39, 0.29) is 0 Å². The maximum absolute atomic E-state index is 12.5. The van der Waals surface area contributed by atoms with E-state index in [9.17, 15) is 13.6 Å². The highest BCUT2D eigenvalue weighted by Gasteiger charge is 2.40. The summed E-state index contributed by atoms with van der Waals surface area (Å²) in [5.41, 5.74) is 0.486. The number of hydrogen-bond acceptors (Lipinski definition) is 3. The van der Waals surface area contributed by atoms with Gasteiger partial charge in [0.05, 0.1) is 0 Å². The Hall–Kier alpha value is -1.17. The molecule has 80 valence electrons. The van der Waals surface area contributed by atoms with Gasteiger partial charge in [-0.25, -0.2) is 0 Å². The predicted octanol–water partition coefficient (Wildman–Crippen LogP) is 1.12. The van der Waals surface area contributed by atoms with Crippen LogP contribution in [0.5, 0.6) is 0 Å². The van der Waals surface area contributed by atoms with Gasteiger partial charge in [-0.3, -0.25) is 4.79 Å². The van der Waals surface area contributed by atoms with E-state index in [1.54, 1.807) is 6.92 Å². The lowest BCUT2D eigenvalue weighted by atomic mass is 10.1. The molecule has 0 aromatic carbocycles. The van der Waals surface area contributed by atoms with Crippen LogP contribution >= 0.6 is 0 Å². The van der Waals surface area contributed by atoms with E-state index in [0.717, 1.165) is 5.01 Å². The Labute approximate surface area is 80.4 Å². The number of rotatable bonds is 3. The first kappa shape index (κ1) is 10.9. The first-order valence-electron chi connectivity index (χ1n) is 4.21. The molecule has 4 nitrogen and oxygen atoms in total. The van der Waals surface area contributed by atoms with Crippen LogP contribution < -0.4 is 0 Å². The van der Waals surface area contributed by atoms with Crippen LogP contribution in [0.2, 0.25) is 0 Å². The Balaban J connectivity index is 2.94. The molecule has 1 heterocycles.